The first-order valence-corrected chi connectivity index (χ1v) is 3.39. The molecule has 0 unspecified atom stereocenters. The molecule has 11 heavy (non-hydrogen) atoms. The number of hydrogen-bond acceptors (Lipinski definition) is 3. The minimum atomic E-state index is 0.370. The summed E-state index contributed by atoms with van der Waals surface area (Å²) in [7, 11) is 0. The van der Waals surface area contributed by atoms with E-state index in [1.165, 1.54) is 6.33 Å². The van der Waals surface area contributed by atoms with Gasteiger partial charge >= 0.3 is 0 Å². The van der Waals surface area contributed by atoms with Crippen molar-refractivity contribution in [3.8, 4) is 6.07 Å². The normalized spacial score (nSPS) is 9.18. The minimum absolute atomic E-state index is 0.370. The summed E-state index contributed by atoms with van der Waals surface area (Å²) in [5.74, 6) is 0. The van der Waals surface area contributed by atoms with Gasteiger partial charge in [-0.15, -0.1) is 0 Å². The van der Waals surface area contributed by atoms with Gasteiger partial charge in [0.25, 0.3) is 0 Å². The fourth-order valence-electron chi connectivity index (χ4n) is 0.841. The summed E-state index contributed by atoms with van der Waals surface area (Å²) >= 11 is 0. The topological polar surface area (TPSA) is 49.6 Å². The summed E-state index contributed by atoms with van der Waals surface area (Å²) in [6.45, 7) is 3.85. The molecule has 0 aliphatic carbocycles. The molecule has 0 aliphatic heterocycles. The van der Waals surface area contributed by atoms with E-state index in [-0.39, 0.29) is 0 Å². The van der Waals surface area contributed by atoms with Crippen molar-refractivity contribution in [1.29, 1.82) is 5.26 Å². The minimum Gasteiger partial charge on any atom is -0.241 e. The van der Waals surface area contributed by atoms with Gasteiger partial charge in [0.05, 0.1) is 18.2 Å². The second-order valence-electron chi connectivity index (χ2n) is 2.37. The summed E-state index contributed by atoms with van der Waals surface area (Å²) in [5, 5.41) is 8.42. The Morgan fingerprint density at radius 2 is 2.18 bits per heavy atom. The van der Waals surface area contributed by atoms with Gasteiger partial charge < -0.3 is 0 Å². The van der Waals surface area contributed by atoms with Crippen LogP contribution in [0.2, 0.25) is 0 Å². The van der Waals surface area contributed by atoms with Crippen LogP contribution in [0.15, 0.2) is 6.33 Å². The van der Waals surface area contributed by atoms with Crippen LogP contribution in [-0.4, -0.2) is 9.97 Å². The monoisotopic (exact) mass is 147 g/mol. The predicted molar refractivity (Wildman–Crippen MR) is 40.8 cm³/mol. The molecule has 1 aromatic heterocycles. The van der Waals surface area contributed by atoms with Crippen molar-refractivity contribution in [2.75, 3.05) is 0 Å². The van der Waals surface area contributed by atoms with Crippen LogP contribution in [0.1, 0.15) is 17.0 Å². The zero-order valence-electron chi connectivity index (χ0n) is 6.63. The molecule has 0 aliphatic rings. The van der Waals surface area contributed by atoms with Crippen LogP contribution in [0.4, 0.5) is 0 Å². The average Bonchev–Trinajstić information content (AvgIpc) is 1.99. The zero-order valence-corrected chi connectivity index (χ0v) is 6.63. The quantitative estimate of drug-likeness (QED) is 0.598. The Labute approximate surface area is 65.7 Å². The Balaban J connectivity index is 3.08. The molecule has 0 radical (unpaired) electrons. The van der Waals surface area contributed by atoms with Gasteiger partial charge in [-0.2, -0.15) is 5.26 Å². The first-order valence-electron chi connectivity index (χ1n) is 3.39. The lowest BCUT2D eigenvalue weighted by Gasteiger charge is -2.00. The summed E-state index contributed by atoms with van der Waals surface area (Å²) in [5.41, 5.74) is 2.80. The molecular formula is C8H9N3. The maximum atomic E-state index is 8.42. The van der Waals surface area contributed by atoms with E-state index in [4.69, 9.17) is 5.26 Å². The van der Waals surface area contributed by atoms with Gasteiger partial charge in [0.2, 0.25) is 0 Å². The number of rotatable bonds is 1. The standard InChI is InChI=1S/C8H9N3/c1-6-7(2)10-5-11-8(6)3-4-9/h5H,3H2,1-2H3. The van der Waals surface area contributed by atoms with E-state index < -0.39 is 0 Å². The van der Waals surface area contributed by atoms with Crippen LogP contribution < -0.4 is 0 Å². The molecule has 0 bridgehead atoms. The van der Waals surface area contributed by atoms with E-state index in [2.05, 4.69) is 16.0 Å². The number of aryl methyl sites for hydroxylation is 1. The molecular weight excluding hydrogens is 138 g/mol. The third-order valence-electron chi connectivity index (χ3n) is 1.69. The van der Waals surface area contributed by atoms with Gasteiger partial charge in [0.15, 0.2) is 0 Å². The smallest absolute Gasteiger partial charge is 0.115 e. The fourth-order valence-corrected chi connectivity index (χ4v) is 0.841. The first-order chi connectivity index (χ1) is 5.25. The maximum Gasteiger partial charge on any atom is 0.115 e. The Kier molecular flexibility index (Phi) is 2.17. The predicted octanol–water partition coefficient (Wildman–Crippen LogP) is 1.16. The average molecular weight is 147 g/mol. The molecule has 3 nitrogen and oxygen atoms in total. The SMILES string of the molecule is Cc1ncnc(CC#N)c1C. The summed E-state index contributed by atoms with van der Waals surface area (Å²) in [6, 6.07) is 2.06. The van der Waals surface area contributed by atoms with E-state index in [1.54, 1.807) is 0 Å². The number of hydrogen-bond donors (Lipinski definition) is 0. The second kappa shape index (κ2) is 3.11. The highest BCUT2D eigenvalue weighted by Gasteiger charge is 2.00. The van der Waals surface area contributed by atoms with Crippen molar-refractivity contribution in [2.45, 2.75) is 20.3 Å². The molecule has 1 rings (SSSR count). The van der Waals surface area contributed by atoms with Crippen LogP contribution in [0.5, 0.6) is 0 Å². The van der Waals surface area contributed by atoms with Crippen LogP contribution in [-0.2, 0) is 6.42 Å². The van der Waals surface area contributed by atoms with Gasteiger partial charge in [-0.05, 0) is 19.4 Å². The van der Waals surface area contributed by atoms with Gasteiger partial charge in [-0.1, -0.05) is 0 Å². The van der Waals surface area contributed by atoms with Gasteiger partial charge in [-0.3, -0.25) is 0 Å². The van der Waals surface area contributed by atoms with E-state index in [9.17, 15) is 0 Å². The molecule has 0 saturated heterocycles. The highest BCUT2D eigenvalue weighted by atomic mass is 14.8. The molecule has 0 amide bonds. The van der Waals surface area contributed by atoms with Gasteiger partial charge in [0.1, 0.15) is 6.33 Å². The third kappa shape index (κ3) is 1.53. The van der Waals surface area contributed by atoms with E-state index in [1.807, 2.05) is 13.8 Å². The number of nitrogens with zero attached hydrogens (tertiary/aromatic N) is 3. The highest BCUT2D eigenvalue weighted by molar-refractivity contribution is 5.23. The molecule has 1 heterocycles. The van der Waals surface area contributed by atoms with Gasteiger partial charge in [0, 0.05) is 5.69 Å². The fraction of sp³-hybridized carbons (Fsp3) is 0.375. The van der Waals surface area contributed by atoms with Crippen LogP contribution in [0.3, 0.4) is 0 Å². The van der Waals surface area contributed by atoms with Crippen LogP contribution in [0, 0.1) is 25.2 Å². The van der Waals surface area contributed by atoms with Gasteiger partial charge in [-0.25, -0.2) is 9.97 Å². The Morgan fingerprint density at radius 3 is 2.82 bits per heavy atom. The largest absolute Gasteiger partial charge is 0.241 e. The summed E-state index contributed by atoms with van der Waals surface area (Å²) in [6.07, 6.45) is 1.87. The van der Waals surface area contributed by atoms with Crippen molar-refractivity contribution in [3.63, 3.8) is 0 Å². The zero-order chi connectivity index (χ0) is 8.27. The number of nitriles is 1. The molecule has 0 atom stereocenters. The van der Waals surface area contributed by atoms with Crippen molar-refractivity contribution < 1.29 is 0 Å². The molecule has 0 spiro atoms. The molecule has 0 aromatic carbocycles. The van der Waals surface area contributed by atoms with Crippen molar-refractivity contribution in [1.82, 2.24) is 9.97 Å². The number of aromatic nitrogens is 2. The Morgan fingerprint density at radius 1 is 1.45 bits per heavy atom. The Bertz CT molecular complexity index is 299. The maximum absolute atomic E-state index is 8.42. The lowest BCUT2D eigenvalue weighted by atomic mass is 10.1. The first kappa shape index (κ1) is 7.67. The molecule has 0 saturated carbocycles. The summed E-state index contributed by atoms with van der Waals surface area (Å²) < 4.78 is 0. The van der Waals surface area contributed by atoms with Crippen molar-refractivity contribution in [2.24, 2.45) is 0 Å². The van der Waals surface area contributed by atoms with Crippen LogP contribution in [0.25, 0.3) is 0 Å². The van der Waals surface area contributed by atoms with Crippen LogP contribution >= 0.6 is 0 Å². The van der Waals surface area contributed by atoms with Crippen molar-refractivity contribution >= 4 is 0 Å². The summed E-state index contributed by atoms with van der Waals surface area (Å²) in [4.78, 5) is 8.00. The molecule has 3 heteroatoms. The highest BCUT2D eigenvalue weighted by Crippen LogP contribution is 2.06. The van der Waals surface area contributed by atoms with E-state index >= 15 is 0 Å². The molecule has 0 fully saturated rings. The second-order valence-corrected chi connectivity index (χ2v) is 2.37. The lowest BCUT2D eigenvalue weighted by molar-refractivity contribution is 0.981. The van der Waals surface area contributed by atoms with E-state index in [0.29, 0.717) is 6.42 Å². The Hall–Kier alpha value is -1.43. The lowest BCUT2D eigenvalue weighted by Crippen LogP contribution is -1.97. The van der Waals surface area contributed by atoms with Crippen molar-refractivity contribution in [3.05, 3.63) is 23.3 Å². The van der Waals surface area contributed by atoms with E-state index in [0.717, 1.165) is 17.0 Å². The third-order valence-corrected chi connectivity index (χ3v) is 1.69. The molecule has 0 N–H and O–H groups in total. The molecule has 56 valence electrons. The molecule has 1 aromatic rings.